The van der Waals surface area contributed by atoms with Gasteiger partial charge in [-0.3, -0.25) is 10.1 Å². The highest BCUT2D eigenvalue weighted by molar-refractivity contribution is 5.60. The maximum atomic E-state index is 11.3. The van der Waals surface area contributed by atoms with Crippen molar-refractivity contribution in [2.24, 2.45) is 7.05 Å². The minimum Gasteiger partial charge on any atom is -0.494 e. The normalized spacial score (nSPS) is 15.6. The summed E-state index contributed by atoms with van der Waals surface area (Å²) in [6, 6.07) is 3.95. The average molecular weight is 346 g/mol. The summed E-state index contributed by atoms with van der Waals surface area (Å²) in [7, 11) is 1.68. The highest BCUT2D eigenvalue weighted by Crippen LogP contribution is 2.36. The third-order valence-corrected chi connectivity index (χ3v) is 4.20. The molecule has 0 spiro atoms. The highest BCUT2D eigenvalue weighted by Gasteiger charge is 2.25. The van der Waals surface area contributed by atoms with Gasteiger partial charge in [-0.05, 0) is 32.9 Å². The van der Waals surface area contributed by atoms with Gasteiger partial charge in [0.1, 0.15) is 23.3 Å². The van der Waals surface area contributed by atoms with E-state index in [2.05, 4.69) is 10.4 Å². The lowest BCUT2D eigenvalue weighted by atomic mass is 10.1. The summed E-state index contributed by atoms with van der Waals surface area (Å²) in [5.74, 6) is 2.00. The summed E-state index contributed by atoms with van der Waals surface area (Å²) in [5, 5.41) is 18.5. The van der Waals surface area contributed by atoms with E-state index in [1.165, 1.54) is 4.68 Å². The summed E-state index contributed by atoms with van der Waals surface area (Å²) in [6.07, 6.45) is 1.00. The summed E-state index contributed by atoms with van der Waals surface area (Å²) >= 11 is 0. The Hall–Kier alpha value is -2.77. The first-order chi connectivity index (χ1) is 11.9. The number of aromatic nitrogens is 2. The molecular weight excluding hydrogens is 324 g/mol. The molecule has 0 saturated heterocycles. The molecule has 1 aliphatic heterocycles. The Kier molecular flexibility index (Phi) is 4.52. The van der Waals surface area contributed by atoms with Crippen LogP contribution in [0.1, 0.15) is 30.7 Å². The molecule has 0 aliphatic carbocycles. The van der Waals surface area contributed by atoms with Crippen molar-refractivity contribution in [1.29, 1.82) is 0 Å². The zero-order chi connectivity index (χ0) is 18.1. The van der Waals surface area contributed by atoms with Gasteiger partial charge < -0.3 is 14.8 Å². The first-order valence-corrected chi connectivity index (χ1v) is 8.27. The number of nitrogens with one attached hydrogen (secondary N) is 1. The molecule has 25 heavy (non-hydrogen) atoms. The van der Waals surface area contributed by atoms with Gasteiger partial charge in [-0.15, -0.1) is 0 Å². The first kappa shape index (κ1) is 17.1. The molecule has 0 saturated carbocycles. The number of benzene rings is 1. The first-order valence-electron chi connectivity index (χ1n) is 8.27. The van der Waals surface area contributed by atoms with Crippen molar-refractivity contribution >= 4 is 11.5 Å². The number of nitro groups is 1. The van der Waals surface area contributed by atoms with Crippen LogP contribution in [-0.4, -0.2) is 27.4 Å². The van der Waals surface area contributed by atoms with E-state index in [1.807, 2.05) is 26.0 Å². The SMILES string of the molecule is CCOc1cc2c(cc1CNc1c([N+](=O)[O-])c(C)nn1C)O[C@@H](C)C2. The number of hydrogen-bond acceptors (Lipinski definition) is 6. The van der Waals surface area contributed by atoms with E-state index in [9.17, 15) is 10.1 Å². The number of aryl methyl sites for hydroxylation is 2. The van der Waals surface area contributed by atoms with E-state index in [0.29, 0.717) is 24.7 Å². The number of hydrogen-bond donors (Lipinski definition) is 1. The zero-order valence-electron chi connectivity index (χ0n) is 14.8. The molecule has 134 valence electrons. The van der Waals surface area contributed by atoms with E-state index >= 15 is 0 Å². The van der Waals surface area contributed by atoms with E-state index in [1.54, 1.807) is 14.0 Å². The molecule has 1 aliphatic rings. The van der Waals surface area contributed by atoms with E-state index < -0.39 is 4.92 Å². The minimum absolute atomic E-state index is 0.00788. The molecule has 0 fully saturated rings. The smallest absolute Gasteiger partial charge is 0.333 e. The summed E-state index contributed by atoms with van der Waals surface area (Å²) in [6.45, 7) is 6.51. The Bertz CT molecular complexity index is 815. The molecule has 1 aromatic carbocycles. The van der Waals surface area contributed by atoms with Crippen LogP contribution in [0.2, 0.25) is 0 Å². The number of anilines is 1. The molecule has 1 N–H and O–H groups in total. The number of fused-ring (bicyclic) bond motifs is 1. The lowest BCUT2D eigenvalue weighted by Crippen LogP contribution is -2.08. The van der Waals surface area contributed by atoms with Gasteiger partial charge in [-0.1, -0.05) is 0 Å². The third kappa shape index (κ3) is 3.24. The second kappa shape index (κ2) is 6.62. The molecule has 2 heterocycles. The van der Waals surface area contributed by atoms with Crippen molar-refractivity contribution in [1.82, 2.24) is 9.78 Å². The summed E-state index contributed by atoms with van der Waals surface area (Å²) < 4.78 is 13.0. The van der Waals surface area contributed by atoms with Gasteiger partial charge in [0.15, 0.2) is 0 Å². The van der Waals surface area contributed by atoms with Crippen LogP contribution >= 0.6 is 0 Å². The fourth-order valence-electron chi connectivity index (χ4n) is 3.15. The van der Waals surface area contributed by atoms with Crippen molar-refractivity contribution in [3.05, 3.63) is 39.1 Å². The summed E-state index contributed by atoms with van der Waals surface area (Å²) in [4.78, 5) is 10.9. The molecule has 0 amide bonds. The minimum atomic E-state index is -0.415. The fourth-order valence-corrected chi connectivity index (χ4v) is 3.15. The number of ether oxygens (including phenoxy) is 2. The highest BCUT2D eigenvalue weighted by atomic mass is 16.6. The van der Waals surface area contributed by atoms with Gasteiger partial charge in [-0.25, -0.2) is 4.68 Å². The van der Waals surface area contributed by atoms with Crippen molar-refractivity contribution in [2.45, 2.75) is 39.8 Å². The van der Waals surface area contributed by atoms with Crippen molar-refractivity contribution in [2.75, 3.05) is 11.9 Å². The molecule has 8 heteroatoms. The van der Waals surface area contributed by atoms with E-state index in [-0.39, 0.29) is 11.8 Å². The van der Waals surface area contributed by atoms with Crippen LogP contribution < -0.4 is 14.8 Å². The molecule has 1 aromatic heterocycles. The monoisotopic (exact) mass is 346 g/mol. The second-order valence-corrected chi connectivity index (χ2v) is 6.15. The molecule has 0 bridgehead atoms. The third-order valence-electron chi connectivity index (χ3n) is 4.20. The van der Waals surface area contributed by atoms with Crippen LogP contribution in [0.25, 0.3) is 0 Å². The van der Waals surface area contributed by atoms with Crippen molar-refractivity contribution < 1.29 is 14.4 Å². The molecular formula is C17H22N4O4. The molecule has 3 rings (SSSR count). The van der Waals surface area contributed by atoms with Gasteiger partial charge in [0, 0.05) is 31.1 Å². The predicted octanol–water partition coefficient (Wildman–Crippen LogP) is 2.97. The van der Waals surface area contributed by atoms with Gasteiger partial charge in [0.2, 0.25) is 5.82 Å². The summed E-state index contributed by atoms with van der Waals surface area (Å²) in [5.41, 5.74) is 2.39. The van der Waals surface area contributed by atoms with Crippen molar-refractivity contribution in [3.63, 3.8) is 0 Å². The van der Waals surface area contributed by atoms with E-state index in [4.69, 9.17) is 9.47 Å². The van der Waals surface area contributed by atoms with Crippen LogP contribution in [0, 0.1) is 17.0 Å². The quantitative estimate of drug-likeness (QED) is 0.639. The molecule has 1 atom stereocenters. The number of nitrogens with zero attached hydrogens (tertiary/aromatic N) is 3. The largest absolute Gasteiger partial charge is 0.494 e. The van der Waals surface area contributed by atoms with Gasteiger partial charge in [0.05, 0.1) is 11.5 Å². The Morgan fingerprint density at radius 1 is 1.52 bits per heavy atom. The van der Waals surface area contributed by atoms with Crippen LogP contribution in [-0.2, 0) is 20.0 Å². The Balaban J connectivity index is 1.89. The van der Waals surface area contributed by atoms with Gasteiger partial charge in [0.25, 0.3) is 0 Å². The van der Waals surface area contributed by atoms with Crippen LogP contribution in [0.5, 0.6) is 11.5 Å². The van der Waals surface area contributed by atoms with Gasteiger partial charge in [-0.2, -0.15) is 5.10 Å². The lowest BCUT2D eigenvalue weighted by molar-refractivity contribution is -0.384. The number of rotatable bonds is 6. The average Bonchev–Trinajstić information content (AvgIpc) is 3.02. The second-order valence-electron chi connectivity index (χ2n) is 6.15. The molecule has 0 radical (unpaired) electrons. The maximum Gasteiger partial charge on any atom is 0.333 e. The molecule has 0 unspecified atom stereocenters. The van der Waals surface area contributed by atoms with Gasteiger partial charge >= 0.3 is 5.69 Å². The zero-order valence-corrected chi connectivity index (χ0v) is 14.8. The molecule has 8 nitrogen and oxygen atoms in total. The maximum absolute atomic E-state index is 11.3. The van der Waals surface area contributed by atoms with Crippen LogP contribution in [0.15, 0.2) is 12.1 Å². The van der Waals surface area contributed by atoms with Crippen molar-refractivity contribution in [3.8, 4) is 11.5 Å². The van der Waals surface area contributed by atoms with Crippen LogP contribution in [0.3, 0.4) is 0 Å². The Labute approximate surface area is 145 Å². The van der Waals surface area contributed by atoms with Crippen LogP contribution in [0.4, 0.5) is 11.5 Å². The Morgan fingerprint density at radius 3 is 2.96 bits per heavy atom. The fraction of sp³-hybridized carbons (Fsp3) is 0.471. The standard InChI is InChI=1S/C17H22N4O4/c1-5-24-14-7-12-6-10(2)25-15(12)8-13(14)9-18-17-16(21(22)23)11(3)19-20(17)4/h7-8,10,18H,5-6,9H2,1-4H3/t10-/m0/s1. The Morgan fingerprint density at radius 2 is 2.28 bits per heavy atom. The topological polar surface area (TPSA) is 91.5 Å². The lowest BCUT2D eigenvalue weighted by Gasteiger charge is -2.13. The van der Waals surface area contributed by atoms with E-state index in [0.717, 1.165) is 29.0 Å². The molecule has 2 aromatic rings. The predicted molar refractivity (Wildman–Crippen MR) is 93.3 cm³/mol.